The number of nitrogens with two attached hydrogens (primary N) is 2. The molecule has 0 aliphatic heterocycles. The van der Waals surface area contributed by atoms with Crippen LogP contribution in [0.15, 0.2) is 68.0 Å². The van der Waals surface area contributed by atoms with Gasteiger partial charge in [-0.05, 0) is 164 Å². The summed E-state index contributed by atoms with van der Waals surface area (Å²) in [6, 6.07) is 15.9. The number of benzene rings is 4. The zero-order valence-corrected chi connectivity index (χ0v) is 35.1. The van der Waals surface area contributed by atoms with Crippen LogP contribution in [0.5, 0.6) is 0 Å². The number of esters is 1. The second-order valence-corrected chi connectivity index (χ2v) is 15.9. The highest BCUT2D eigenvalue weighted by molar-refractivity contribution is 9.11. The minimum absolute atomic E-state index is 0. The molecule has 10 nitrogen and oxygen atoms in total. The number of hydrogen-bond acceptors (Lipinski definition) is 9. The number of Topliss-reactive ketones (excluding diaryl/α,β-unsaturated/α-hetero) is 4. The highest BCUT2D eigenvalue weighted by atomic mass is 79.9. The monoisotopic (exact) mass is 981 g/mol. The van der Waals surface area contributed by atoms with Gasteiger partial charge in [-0.2, -0.15) is 0 Å². The molecule has 4 aromatic carbocycles. The molecule has 0 aromatic heterocycles. The van der Waals surface area contributed by atoms with E-state index in [1.807, 2.05) is 18.2 Å². The molecule has 308 valence electrons. The first-order chi connectivity index (χ1) is 26.4. The molecular formula is C45H52Br3N4O6+. The van der Waals surface area contributed by atoms with Crippen LogP contribution in [-0.2, 0) is 30.4 Å². The van der Waals surface area contributed by atoms with Gasteiger partial charge in [-0.25, -0.2) is 4.79 Å². The molecule has 0 saturated heterocycles. The van der Waals surface area contributed by atoms with Crippen molar-refractivity contribution in [1.29, 1.82) is 5.39 Å². The molecular weight excluding hydrogens is 932 g/mol. The number of nitrogen functional groups attached to an aromatic ring is 2. The zero-order chi connectivity index (χ0) is 39.8. The molecule has 0 saturated carbocycles. The van der Waals surface area contributed by atoms with Crippen molar-refractivity contribution < 1.29 is 28.7 Å². The van der Waals surface area contributed by atoms with E-state index in [1.54, 1.807) is 36.4 Å². The molecule has 8 rings (SSSR count). The van der Waals surface area contributed by atoms with Crippen molar-refractivity contribution in [2.45, 2.75) is 99.3 Å². The Kier molecular flexibility index (Phi) is 19.3. The minimum Gasteiger partial charge on any atom is -0.465 e. The maximum atomic E-state index is 11.7. The fourth-order valence-electron chi connectivity index (χ4n) is 7.08. The van der Waals surface area contributed by atoms with Gasteiger partial charge < -0.3 is 16.2 Å². The van der Waals surface area contributed by atoms with E-state index in [0.717, 1.165) is 111 Å². The summed E-state index contributed by atoms with van der Waals surface area (Å²) in [7, 11) is 1.35. The number of halogens is 3. The largest absolute Gasteiger partial charge is 0.465 e. The van der Waals surface area contributed by atoms with Crippen molar-refractivity contribution >= 4 is 94.0 Å². The predicted molar refractivity (Wildman–Crippen MR) is 243 cm³/mol. The number of anilines is 2. The standard InChI is InChI=1S/C12H11BrO3.C10H8BrN2O.C10H10BrNO.C10H11NO.3CH4/c1-16-12(15)9-6-5-7-8(11(9)13)3-2-4-10(7)14;11-10-7-2-1-3-9(14)6(7)4-5-8(10)13-12;11-10-7-2-1-3-9(13)6(7)4-5-8(10)12;11-8-4-5-9-7(6-8)2-1-3-10(9)12;;;/h5-6H,2-4H2,1H3;4-5H,1-3H2;4-5H,1-3,12H2;4-6H,1-3,11H2;3*1H4/q;+1;;;;;. The lowest BCUT2D eigenvalue weighted by atomic mass is 9.89. The molecule has 0 radical (unpaired) electrons. The highest BCUT2D eigenvalue weighted by Gasteiger charge is 2.26. The maximum absolute atomic E-state index is 11.7. The smallest absolute Gasteiger partial charge is 0.399 e. The third-order valence-electron chi connectivity index (χ3n) is 9.92. The molecule has 0 heterocycles. The lowest BCUT2D eigenvalue weighted by molar-refractivity contribution is 0.0598. The lowest BCUT2D eigenvalue weighted by Crippen LogP contribution is -2.14. The molecule has 0 unspecified atom stereocenters. The van der Waals surface area contributed by atoms with E-state index >= 15 is 0 Å². The van der Waals surface area contributed by atoms with Crippen LogP contribution in [0.25, 0.3) is 4.98 Å². The van der Waals surface area contributed by atoms with Gasteiger partial charge >= 0.3 is 11.7 Å². The van der Waals surface area contributed by atoms with E-state index in [0.29, 0.717) is 47.1 Å². The first-order valence-electron chi connectivity index (χ1n) is 18.0. The van der Waals surface area contributed by atoms with E-state index in [9.17, 15) is 24.0 Å². The summed E-state index contributed by atoms with van der Waals surface area (Å²) in [6.07, 6.45) is 9.83. The molecule has 13 heteroatoms. The van der Waals surface area contributed by atoms with Gasteiger partial charge in [-0.1, -0.05) is 28.3 Å². The zero-order valence-electron chi connectivity index (χ0n) is 30.3. The van der Waals surface area contributed by atoms with Crippen LogP contribution in [-0.4, -0.2) is 36.2 Å². The molecule has 0 bridgehead atoms. The number of ketones is 4. The molecule has 58 heavy (non-hydrogen) atoms. The summed E-state index contributed by atoms with van der Waals surface area (Å²) in [6.45, 7) is 0. The van der Waals surface area contributed by atoms with Gasteiger partial charge in [0.15, 0.2) is 28.1 Å². The molecule has 4 N–H and O–H groups in total. The van der Waals surface area contributed by atoms with Crippen LogP contribution in [0.1, 0.15) is 148 Å². The van der Waals surface area contributed by atoms with Crippen molar-refractivity contribution in [3.63, 3.8) is 0 Å². The summed E-state index contributed by atoms with van der Waals surface area (Å²) >= 11 is 10.1. The Morgan fingerprint density at radius 3 is 1.53 bits per heavy atom. The SMILES string of the molecule is C.C.C.COC(=O)c1ccc2c(c1Br)CCCC2=O.N#[N+]c1ccc2c(c1Br)CCCC2=O.Nc1ccc2c(c1)CCCC2=O.Nc1ccc2c(c1Br)CCCC2=O. The molecule has 0 fully saturated rings. The van der Waals surface area contributed by atoms with Gasteiger partial charge in [-0.3, -0.25) is 19.2 Å². The van der Waals surface area contributed by atoms with Crippen LogP contribution in [0, 0.1) is 5.39 Å². The molecule has 0 spiro atoms. The molecule has 4 aromatic rings. The van der Waals surface area contributed by atoms with Crippen molar-refractivity contribution in [3.05, 3.63) is 123 Å². The Labute approximate surface area is 366 Å². The number of aryl methyl sites for hydroxylation is 1. The number of diazo groups is 1. The average molecular weight is 985 g/mol. The van der Waals surface area contributed by atoms with E-state index in [4.69, 9.17) is 16.9 Å². The number of methoxy groups -OCH3 is 1. The van der Waals surface area contributed by atoms with E-state index in [-0.39, 0.29) is 51.4 Å². The summed E-state index contributed by atoms with van der Waals surface area (Å²) < 4.78 is 7.02. The fourth-order valence-corrected chi connectivity index (χ4v) is 8.95. The molecule has 0 atom stereocenters. The van der Waals surface area contributed by atoms with Crippen molar-refractivity contribution in [3.8, 4) is 0 Å². The van der Waals surface area contributed by atoms with Gasteiger partial charge in [0.25, 0.3) is 0 Å². The molecule has 4 aliphatic carbocycles. The quantitative estimate of drug-likeness (QED) is 0.107. The van der Waals surface area contributed by atoms with Crippen LogP contribution in [0.3, 0.4) is 0 Å². The van der Waals surface area contributed by atoms with Crippen LogP contribution in [0.2, 0.25) is 0 Å². The van der Waals surface area contributed by atoms with Gasteiger partial charge in [0, 0.05) is 74.3 Å². The topological polar surface area (TPSA) is 175 Å². The minimum atomic E-state index is -0.382. The number of carbonyl (C=O) groups excluding carboxylic acids is 5. The predicted octanol–water partition coefficient (Wildman–Crippen LogP) is 12.5. The van der Waals surface area contributed by atoms with Gasteiger partial charge in [0.05, 0.1) is 12.7 Å². The molecule has 0 amide bonds. The summed E-state index contributed by atoms with van der Waals surface area (Å²) in [5.74, 6) is 0.445. The van der Waals surface area contributed by atoms with Crippen molar-refractivity contribution in [2.24, 2.45) is 0 Å². The lowest BCUT2D eigenvalue weighted by Gasteiger charge is -2.17. The van der Waals surface area contributed by atoms with Crippen LogP contribution >= 0.6 is 47.8 Å². The number of nitrogens with zero attached hydrogens (tertiary/aromatic N) is 2. The van der Waals surface area contributed by atoms with E-state index < -0.39 is 0 Å². The van der Waals surface area contributed by atoms with Crippen LogP contribution in [0.4, 0.5) is 17.1 Å². The molecule has 4 aliphatic rings. The Morgan fingerprint density at radius 1 is 0.586 bits per heavy atom. The van der Waals surface area contributed by atoms with E-state index in [2.05, 4.69) is 57.5 Å². The Balaban J connectivity index is 0.000000263. The van der Waals surface area contributed by atoms with Gasteiger partial charge in [-0.15, -0.1) is 0 Å². The Morgan fingerprint density at radius 2 is 1.02 bits per heavy atom. The van der Waals surface area contributed by atoms with Crippen molar-refractivity contribution in [1.82, 2.24) is 0 Å². The number of fused-ring (bicyclic) bond motifs is 4. The number of rotatable bonds is 1. The number of hydrogen-bond donors (Lipinski definition) is 2. The number of ether oxygens (including phenoxy) is 1. The second kappa shape index (κ2) is 22.6. The third kappa shape index (κ3) is 11.4. The summed E-state index contributed by atoms with van der Waals surface area (Å²) in [5, 5.41) is 8.70. The number of carbonyl (C=O) groups is 5. The first kappa shape index (κ1) is 49.6. The highest BCUT2D eigenvalue weighted by Crippen LogP contribution is 2.36. The normalized spacial score (nSPS) is 14.3. The van der Waals surface area contributed by atoms with Crippen molar-refractivity contribution in [2.75, 3.05) is 18.6 Å². The van der Waals surface area contributed by atoms with E-state index in [1.165, 1.54) is 7.11 Å². The summed E-state index contributed by atoms with van der Waals surface area (Å²) in [5.41, 5.74) is 21.1. The van der Waals surface area contributed by atoms with Crippen LogP contribution < -0.4 is 11.5 Å². The van der Waals surface area contributed by atoms with Gasteiger partial charge in [0.1, 0.15) is 4.47 Å². The Bertz CT molecular complexity index is 2250. The fraction of sp³-hybridized carbons (Fsp3) is 0.356. The van der Waals surface area contributed by atoms with Gasteiger partial charge in [0.2, 0.25) is 5.39 Å². The Hall–Kier alpha value is -4.51. The average Bonchev–Trinajstić information content (AvgIpc) is 3.18. The maximum Gasteiger partial charge on any atom is 0.399 e. The summed E-state index contributed by atoms with van der Waals surface area (Å²) in [4.78, 5) is 60.6. The first-order valence-corrected chi connectivity index (χ1v) is 20.4. The second-order valence-electron chi connectivity index (χ2n) is 13.5. The third-order valence-corrected chi connectivity index (χ3v) is 12.7.